The Bertz CT molecular complexity index is 231. The van der Waals surface area contributed by atoms with Crippen molar-refractivity contribution in [2.45, 2.75) is 39.5 Å². The summed E-state index contributed by atoms with van der Waals surface area (Å²) in [6.07, 6.45) is 2.78. The van der Waals surface area contributed by atoms with E-state index in [4.69, 9.17) is 0 Å². The van der Waals surface area contributed by atoms with Crippen molar-refractivity contribution in [2.24, 2.45) is 5.16 Å². The predicted molar refractivity (Wildman–Crippen MR) is 49.0 cm³/mol. The molecule has 6 nitrogen and oxygen atoms in total. The Morgan fingerprint density at radius 3 is 2.13 bits per heavy atom. The number of nitrogens with zero attached hydrogens (tertiary/aromatic N) is 1. The lowest BCUT2D eigenvalue weighted by molar-refractivity contribution is -0.305. The second-order valence-electron chi connectivity index (χ2n) is 2.52. The number of unbranched alkanes of at least 4 members (excludes halogenated alkanes) is 1. The molecule has 0 aliphatic heterocycles. The van der Waals surface area contributed by atoms with Crippen LogP contribution in [0.4, 0.5) is 0 Å². The van der Waals surface area contributed by atoms with Gasteiger partial charge in [-0.25, -0.2) is 9.59 Å². The minimum atomic E-state index is -1.36. The molecule has 86 valence electrons. The standard InChI is InChI=1S/C5H5NO5.C4H10/c7-3-6-11-5(10)2-1-4(8)9;1-3-4-2/h1-2H2,(H,8,9);3-4H2,1-2H3/p-1. The van der Waals surface area contributed by atoms with E-state index in [1.54, 1.807) is 0 Å². The van der Waals surface area contributed by atoms with Crippen LogP contribution >= 0.6 is 0 Å². The van der Waals surface area contributed by atoms with Crippen LogP contribution in [-0.2, 0) is 19.2 Å². The summed E-state index contributed by atoms with van der Waals surface area (Å²) in [7, 11) is 0. The summed E-state index contributed by atoms with van der Waals surface area (Å²) in [6.45, 7) is 4.36. The van der Waals surface area contributed by atoms with Crippen LogP contribution in [0.2, 0.25) is 0 Å². The molecule has 0 unspecified atom stereocenters. The SMILES string of the molecule is CCCC.O=C=NOC(=O)CCC(=O)[O-]. The van der Waals surface area contributed by atoms with Gasteiger partial charge < -0.3 is 14.7 Å². The number of hydrogen-bond donors (Lipinski definition) is 0. The first-order valence-electron chi connectivity index (χ1n) is 4.55. The lowest BCUT2D eigenvalue weighted by Gasteiger charge is -1.97. The maximum absolute atomic E-state index is 10.3. The summed E-state index contributed by atoms with van der Waals surface area (Å²) in [5.41, 5.74) is 0. The Balaban J connectivity index is 0. The number of rotatable bonds is 5. The third kappa shape index (κ3) is 19.0. The molecular weight excluding hydrogens is 202 g/mol. The van der Waals surface area contributed by atoms with Crippen LogP contribution in [0, 0.1) is 0 Å². The first-order chi connectivity index (χ1) is 7.08. The van der Waals surface area contributed by atoms with Crippen LogP contribution in [0.5, 0.6) is 0 Å². The average Bonchev–Trinajstić information content (AvgIpc) is 2.23. The van der Waals surface area contributed by atoms with Gasteiger partial charge in [-0.15, -0.1) is 0 Å². The fraction of sp³-hybridized carbons (Fsp3) is 0.667. The highest BCUT2D eigenvalue weighted by atomic mass is 16.7. The summed E-state index contributed by atoms with van der Waals surface area (Å²) in [4.78, 5) is 33.2. The minimum absolute atomic E-state index is 0.368. The predicted octanol–water partition coefficient (Wildman–Crippen LogP) is 0.117. The summed E-state index contributed by atoms with van der Waals surface area (Å²) in [5.74, 6) is -2.27. The topological polar surface area (TPSA) is 95.9 Å². The molecule has 0 aromatic carbocycles. The Morgan fingerprint density at radius 2 is 1.80 bits per heavy atom. The van der Waals surface area contributed by atoms with Gasteiger partial charge in [0, 0.05) is 11.1 Å². The van der Waals surface area contributed by atoms with Crippen LogP contribution in [-0.4, -0.2) is 18.0 Å². The van der Waals surface area contributed by atoms with Gasteiger partial charge in [0.1, 0.15) is 0 Å². The van der Waals surface area contributed by atoms with E-state index in [9.17, 15) is 19.5 Å². The van der Waals surface area contributed by atoms with Crippen molar-refractivity contribution in [2.75, 3.05) is 0 Å². The first-order valence-corrected chi connectivity index (χ1v) is 4.55. The zero-order valence-corrected chi connectivity index (χ0v) is 8.82. The Morgan fingerprint density at radius 1 is 1.27 bits per heavy atom. The van der Waals surface area contributed by atoms with E-state index < -0.39 is 18.4 Å². The summed E-state index contributed by atoms with van der Waals surface area (Å²) in [5, 5.41) is 12.2. The van der Waals surface area contributed by atoms with E-state index in [0.29, 0.717) is 0 Å². The molecule has 0 bridgehead atoms. The number of aliphatic carboxylic acids is 1. The number of carbonyl (C=O) groups is 2. The third-order valence-corrected chi connectivity index (χ3v) is 1.22. The quantitative estimate of drug-likeness (QED) is 0.281. The van der Waals surface area contributed by atoms with Gasteiger partial charge in [-0.3, -0.25) is 0 Å². The van der Waals surface area contributed by atoms with E-state index in [-0.39, 0.29) is 6.42 Å². The fourth-order valence-electron chi connectivity index (χ4n) is 0.319. The Hall–Kier alpha value is -1.68. The lowest BCUT2D eigenvalue weighted by atomic mass is 10.3. The molecule has 0 saturated carbocycles. The van der Waals surface area contributed by atoms with Crippen LogP contribution in [0.15, 0.2) is 5.16 Å². The van der Waals surface area contributed by atoms with Crippen molar-refractivity contribution in [3.8, 4) is 0 Å². The van der Waals surface area contributed by atoms with E-state index in [1.165, 1.54) is 12.8 Å². The van der Waals surface area contributed by atoms with Crippen molar-refractivity contribution < 1.29 is 24.3 Å². The number of isocyanates is 1. The number of hydrogen-bond acceptors (Lipinski definition) is 6. The molecule has 0 aliphatic carbocycles. The normalized spacial score (nSPS) is 7.87. The second-order valence-corrected chi connectivity index (χ2v) is 2.52. The van der Waals surface area contributed by atoms with Crippen LogP contribution in [0.1, 0.15) is 39.5 Å². The van der Waals surface area contributed by atoms with Gasteiger partial charge in [-0.2, -0.15) is 0 Å². The maximum Gasteiger partial charge on any atom is 0.336 e. The average molecular weight is 216 g/mol. The zero-order chi connectivity index (χ0) is 12.1. The molecule has 0 N–H and O–H groups in total. The molecular formula is C9H14NO5-. The van der Waals surface area contributed by atoms with Crippen molar-refractivity contribution in [3.63, 3.8) is 0 Å². The van der Waals surface area contributed by atoms with Crippen LogP contribution in [0.3, 0.4) is 0 Å². The second kappa shape index (κ2) is 12.3. The highest BCUT2D eigenvalue weighted by Crippen LogP contribution is 1.90. The van der Waals surface area contributed by atoms with Crippen molar-refractivity contribution in [3.05, 3.63) is 0 Å². The van der Waals surface area contributed by atoms with Crippen LogP contribution < -0.4 is 5.11 Å². The molecule has 0 amide bonds. The minimum Gasteiger partial charge on any atom is -0.550 e. The monoisotopic (exact) mass is 216 g/mol. The largest absolute Gasteiger partial charge is 0.550 e. The molecule has 0 fully saturated rings. The van der Waals surface area contributed by atoms with Gasteiger partial charge in [-0.05, 0) is 6.42 Å². The third-order valence-electron chi connectivity index (χ3n) is 1.22. The Labute approximate surface area is 87.9 Å². The van der Waals surface area contributed by atoms with E-state index in [2.05, 4.69) is 23.8 Å². The highest BCUT2D eigenvalue weighted by Gasteiger charge is 2.01. The van der Waals surface area contributed by atoms with Crippen molar-refractivity contribution >= 4 is 18.0 Å². The molecule has 0 saturated heterocycles. The fourth-order valence-corrected chi connectivity index (χ4v) is 0.319. The van der Waals surface area contributed by atoms with E-state index in [1.807, 2.05) is 0 Å². The van der Waals surface area contributed by atoms with E-state index in [0.717, 1.165) is 6.08 Å². The molecule has 0 aromatic heterocycles. The molecule has 6 heteroatoms. The summed E-state index contributed by atoms with van der Waals surface area (Å²) in [6, 6.07) is 0. The molecule has 0 aliphatic rings. The summed E-state index contributed by atoms with van der Waals surface area (Å²) < 4.78 is 0. The van der Waals surface area contributed by atoms with Gasteiger partial charge in [-0.1, -0.05) is 26.7 Å². The van der Waals surface area contributed by atoms with Crippen molar-refractivity contribution in [1.82, 2.24) is 0 Å². The number of carboxylic acids is 1. The van der Waals surface area contributed by atoms with Gasteiger partial charge in [0.2, 0.25) is 0 Å². The Kier molecular flexibility index (Phi) is 13.0. The van der Waals surface area contributed by atoms with Crippen LogP contribution in [0.25, 0.3) is 0 Å². The molecule has 0 rings (SSSR count). The van der Waals surface area contributed by atoms with E-state index >= 15 is 0 Å². The zero-order valence-electron chi connectivity index (χ0n) is 8.82. The van der Waals surface area contributed by atoms with Gasteiger partial charge >= 0.3 is 5.97 Å². The van der Waals surface area contributed by atoms with Gasteiger partial charge in [0.05, 0.1) is 6.42 Å². The van der Waals surface area contributed by atoms with Gasteiger partial charge in [0.25, 0.3) is 6.08 Å². The smallest absolute Gasteiger partial charge is 0.336 e. The van der Waals surface area contributed by atoms with Gasteiger partial charge in [0.15, 0.2) is 0 Å². The molecule has 0 spiro atoms. The van der Waals surface area contributed by atoms with Crippen molar-refractivity contribution in [1.29, 1.82) is 0 Å². The lowest BCUT2D eigenvalue weighted by Crippen LogP contribution is -2.22. The molecule has 0 heterocycles. The number of carbonyl (C=O) groups excluding carboxylic acids is 3. The summed E-state index contributed by atoms with van der Waals surface area (Å²) >= 11 is 0. The highest BCUT2D eigenvalue weighted by molar-refractivity contribution is 5.75. The molecule has 0 aromatic rings. The molecule has 0 atom stereocenters. The number of carboxylic acid groups (broad SMARTS) is 1. The first kappa shape index (κ1) is 15.8. The molecule has 0 radical (unpaired) electrons. The molecule has 15 heavy (non-hydrogen) atoms. The maximum atomic E-state index is 10.3.